The lowest BCUT2D eigenvalue weighted by atomic mass is 9.93. The Morgan fingerprint density at radius 3 is 2.60 bits per heavy atom. The molecule has 25 heavy (non-hydrogen) atoms. The fraction of sp³-hybridized carbons (Fsp3) is 0.444. The number of carbonyl (C=O) groups is 1. The van der Waals surface area contributed by atoms with Gasteiger partial charge in [0, 0.05) is 31.4 Å². The van der Waals surface area contributed by atoms with E-state index in [4.69, 9.17) is 4.74 Å². The van der Waals surface area contributed by atoms with Gasteiger partial charge >= 0.3 is 0 Å². The van der Waals surface area contributed by atoms with E-state index in [2.05, 4.69) is 15.4 Å². The summed E-state index contributed by atoms with van der Waals surface area (Å²) in [6.07, 6.45) is 5.32. The Bertz CT molecular complexity index is 793. The molecule has 1 saturated carbocycles. The molecule has 1 fully saturated rings. The molecular weight excluding hydrogens is 320 g/mol. The number of aromatic nitrogens is 3. The van der Waals surface area contributed by atoms with Gasteiger partial charge in [-0.25, -0.2) is 9.67 Å². The highest BCUT2D eigenvalue weighted by Gasteiger charge is 2.24. The standard InChI is InChI=1S/C18H22N4O3/c1-12-3-9-16(19-11-12)25-14-6-4-13(5-7-14)20-18(24)15-8-10-17(23)22(2)21-15/h3,8-11,13-14H,4-7H2,1-2H3,(H,20,24). The van der Waals surface area contributed by atoms with Gasteiger partial charge in [0.05, 0.1) is 0 Å². The number of ether oxygens (including phenoxy) is 1. The van der Waals surface area contributed by atoms with Gasteiger partial charge in [-0.2, -0.15) is 5.10 Å². The Hall–Kier alpha value is -2.70. The molecule has 0 radical (unpaired) electrons. The van der Waals surface area contributed by atoms with Gasteiger partial charge < -0.3 is 10.1 Å². The zero-order valence-electron chi connectivity index (χ0n) is 14.4. The molecule has 2 aromatic heterocycles. The van der Waals surface area contributed by atoms with Crippen LogP contribution in [0.15, 0.2) is 35.3 Å². The van der Waals surface area contributed by atoms with Gasteiger partial charge in [-0.05, 0) is 44.2 Å². The molecule has 7 nitrogen and oxygen atoms in total. The van der Waals surface area contributed by atoms with Crippen LogP contribution in [0.5, 0.6) is 5.88 Å². The zero-order chi connectivity index (χ0) is 17.8. The molecule has 1 aliphatic rings. The number of aryl methyl sites for hydroxylation is 2. The van der Waals surface area contributed by atoms with Crippen LogP contribution in [0.2, 0.25) is 0 Å². The van der Waals surface area contributed by atoms with Gasteiger partial charge in [-0.15, -0.1) is 0 Å². The second-order valence-electron chi connectivity index (χ2n) is 6.42. The minimum atomic E-state index is -0.250. The van der Waals surface area contributed by atoms with Crippen molar-refractivity contribution in [2.75, 3.05) is 0 Å². The van der Waals surface area contributed by atoms with Crippen LogP contribution >= 0.6 is 0 Å². The van der Waals surface area contributed by atoms with E-state index in [0.717, 1.165) is 35.9 Å². The van der Waals surface area contributed by atoms with Crippen LogP contribution in [-0.4, -0.2) is 32.8 Å². The second kappa shape index (κ2) is 7.46. The lowest BCUT2D eigenvalue weighted by Crippen LogP contribution is -2.40. The number of nitrogens with zero attached hydrogens (tertiary/aromatic N) is 3. The van der Waals surface area contributed by atoms with Crippen LogP contribution in [0.3, 0.4) is 0 Å². The fourth-order valence-electron chi connectivity index (χ4n) is 2.90. The molecule has 0 atom stereocenters. The van der Waals surface area contributed by atoms with Gasteiger partial charge in [0.2, 0.25) is 5.88 Å². The number of hydrogen-bond donors (Lipinski definition) is 1. The second-order valence-corrected chi connectivity index (χ2v) is 6.42. The van der Waals surface area contributed by atoms with E-state index < -0.39 is 0 Å². The van der Waals surface area contributed by atoms with Gasteiger partial charge in [0.1, 0.15) is 11.8 Å². The topological polar surface area (TPSA) is 86.1 Å². The molecule has 1 amide bonds. The summed E-state index contributed by atoms with van der Waals surface area (Å²) in [7, 11) is 1.53. The lowest BCUT2D eigenvalue weighted by molar-refractivity contribution is 0.0883. The molecule has 1 N–H and O–H groups in total. The zero-order valence-corrected chi connectivity index (χ0v) is 14.4. The van der Waals surface area contributed by atoms with Crippen molar-refractivity contribution in [2.24, 2.45) is 7.05 Å². The first-order valence-corrected chi connectivity index (χ1v) is 8.46. The molecule has 0 aliphatic heterocycles. The van der Waals surface area contributed by atoms with Crippen molar-refractivity contribution in [3.05, 3.63) is 52.1 Å². The number of pyridine rings is 1. The predicted molar refractivity (Wildman–Crippen MR) is 92.6 cm³/mol. The van der Waals surface area contributed by atoms with Gasteiger partial charge in [-0.3, -0.25) is 9.59 Å². The maximum atomic E-state index is 12.3. The van der Waals surface area contributed by atoms with E-state index in [1.807, 2.05) is 19.1 Å². The van der Waals surface area contributed by atoms with E-state index in [0.29, 0.717) is 5.88 Å². The third-order valence-electron chi connectivity index (χ3n) is 4.37. The van der Waals surface area contributed by atoms with Crippen molar-refractivity contribution in [2.45, 2.75) is 44.8 Å². The van der Waals surface area contributed by atoms with Crippen molar-refractivity contribution >= 4 is 5.91 Å². The predicted octanol–water partition coefficient (Wildman–Crippen LogP) is 1.60. The summed E-state index contributed by atoms with van der Waals surface area (Å²) in [5, 5.41) is 6.96. The van der Waals surface area contributed by atoms with Crippen molar-refractivity contribution in [3.8, 4) is 5.88 Å². The summed E-state index contributed by atoms with van der Waals surface area (Å²) in [5.41, 5.74) is 1.12. The molecule has 3 rings (SSSR count). The third kappa shape index (κ3) is 4.43. The summed E-state index contributed by atoms with van der Waals surface area (Å²) in [6, 6.07) is 6.76. The van der Waals surface area contributed by atoms with E-state index in [-0.39, 0.29) is 29.3 Å². The molecule has 0 bridgehead atoms. The van der Waals surface area contributed by atoms with Crippen LogP contribution < -0.4 is 15.6 Å². The molecule has 0 saturated heterocycles. The molecular formula is C18H22N4O3. The first-order valence-electron chi connectivity index (χ1n) is 8.46. The first kappa shape index (κ1) is 17.1. The van der Waals surface area contributed by atoms with Crippen molar-refractivity contribution in [1.29, 1.82) is 0 Å². The lowest BCUT2D eigenvalue weighted by Gasteiger charge is -2.29. The van der Waals surface area contributed by atoms with Crippen LogP contribution in [0.25, 0.3) is 0 Å². The summed E-state index contributed by atoms with van der Waals surface area (Å²) in [4.78, 5) is 27.9. The maximum absolute atomic E-state index is 12.3. The van der Waals surface area contributed by atoms with E-state index >= 15 is 0 Å². The molecule has 132 valence electrons. The quantitative estimate of drug-likeness (QED) is 0.912. The van der Waals surface area contributed by atoms with E-state index in [9.17, 15) is 9.59 Å². The molecule has 2 heterocycles. The van der Waals surface area contributed by atoms with Crippen LogP contribution in [-0.2, 0) is 7.05 Å². The molecule has 1 aliphatic carbocycles. The summed E-state index contributed by atoms with van der Waals surface area (Å²) >= 11 is 0. The monoisotopic (exact) mass is 342 g/mol. The van der Waals surface area contributed by atoms with Crippen LogP contribution in [0.4, 0.5) is 0 Å². The molecule has 2 aromatic rings. The molecule has 0 spiro atoms. The molecule has 0 unspecified atom stereocenters. The Balaban J connectivity index is 1.50. The number of rotatable bonds is 4. The minimum Gasteiger partial charge on any atom is -0.474 e. The number of nitrogens with one attached hydrogen (secondary N) is 1. The first-order chi connectivity index (χ1) is 12.0. The highest BCUT2D eigenvalue weighted by molar-refractivity contribution is 5.92. The minimum absolute atomic E-state index is 0.0948. The normalized spacial score (nSPS) is 20.1. The van der Waals surface area contributed by atoms with Crippen molar-refractivity contribution in [1.82, 2.24) is 20.1 Å². The van der Waals surface area contributed by atoms with Crippen molar-refractivity contribution < 1.29 is 9.53 Å². The average molecular weight is 342 g/mol. The fourth-order valence-corrected chi connectivity index (χ4v) is 2.90. The largest absolute Gasteiger partial charge is 0.474 e. The smallest absolute Gasteiger partial charge is 0.271 e. The Kier molecular flexibility index (Phi) is 5.11. The van der Waals surface area contributed by atoms with Gasteiger partial charge in [0.15, 0.2) is 0 Å². The highest BCUT2D eigenvalue weighted by atomic mass is 16.5. The van der Waals surface area contributed by atoms with E-state index in [1.54, 1.807) is 6.20 Å². The Labute approximate surface area is 146 Å². The van der Waals surface area contributed by atoms with E-state index in [1.165, 1.54) is 19.2 Å². The summed E-state index contributed by atoms with van der Waals surface area (Å²) in [5.74, 6) is 0.396. The van der Waals surface area contributed by atoms with Crippen LogP contribution in [0, 0.1) is 6.92 Å². The van der Waals surface area contributed by atoms with Gasteiger partial charge in [0.25, 0.3) is 11.5 Å². The molecule has 0 aromatic carbocycles. The maximum Gasteiger partial charge on any atom is 0.271 e. The highest BCUT2D eigenvalue weighted by Crippen LogP contribution is 2.23. The van der Waals surface area contributed by atoms with Crippen LogP contribution in [0.1, 0.15) is 41.7 Å². The number of carbonyl (C=O) groups excluding carboxylic acids is 1. The molecule has 7 heteroatoms. The number of hydrogen-bond acceptors (Lipinski definition) is 5. The van der Waals surface area contributed by atoms with Crippen molar-refractivity contribution in [3.63, 3.8) is 0 Å². The Morgan fingerprint density at radius 2 is 1.96 bits per heavy atom. The summed E-state index contributed by atoms with van der Waals surface area (Å²) in [6.45, 7) is 1.99. The average Bonchev–Trinajstić information content (AvgIpc) is 2.61. The third-order valence-corrected chi connectivity index (χ3v) is 4.37. The SMILES string of the molecule is Cc1ccc(OC2CCC(NC(=O)c3ccc(=O)n(C)n3)CC2)nc1. The van der Waals surface area contributed by atoms with Gasteiger partial charge in [-0.1, -0.05) is 6.07 Å². The number of amides is 1. The summed E-state index contributed by atoms with van der Waals surface area (Å²) < 4.78 is 7.06. The Morgan fingerprint density at radius 1 is 1.20 bits per heavy atom.